The SMILES string of the molecule is COc1cc(NC(=O)c2ccccc2)c(OC)cc1NC(=O)CCc1ccc(OC)c(OC)c1. The lowest BCUT2D eigenvalue weighted by atomic mass is 10.1. The predicted molar refractivity (Wildman–Crippen MR) is 130 cm³/mol. The molecule has 2 amide bonds. The van der Waals surface area contributed by atoms with Crippen molar-refractivity contribution in [2.45, 2.75) is 12.8 Å². The van der Waals surface area contributed by atoms with E-state index < -0.39 is 0 Å². The van der Waals surface area contributed by atoms with Gasteiger partial charge in [-0.05, 0) is 36.2 Å². The Morgan fingerprint density at radius 3 is 1.85 bits per heavy atom. The molecule has 0 saturated carbocycles. The van der Waals surface area contributed by atoms with Crippen molar-refractivity contribution in [1.82, 2.24) is 0 Å². The average Bonchev–Trinajstić information content (AvgIpc) is 2.88. The smallest absolute Gasteiger partial charge is 0.255 e. The summed E-state index contributed by atoms with van der Waals surface area (Å²) in [6, 6.07) is 17.6. The second-order valence-corrected chi connectivity index (χ2v) is 7.31. The van der Waals surface area contributed by atoms with Gasteiger partial charge in [-0.25, -0.2) is 0 Å². The molecule has 178 valence electrons. The van der Waals surface area contributed by atoms with Crippen LogP contribution in [-0.4, -0.2) is 40.3 Å². The van der Waals surface area contributed by atoms with Crippen LogP contribution in [0.4, 0.5) is 11.4 Å². The maximum absolute atomic E-state index is 12.6. The van der Waals surface area contributed by atoms with Crippen molar-refractivity contribution in [2.75, 3.05) is 39.1 Å². The Hall–Kier alpha value is -4.20. The first-order valence-electron chi connectivity index (χ1n) is 10.6. The molecule has 3 aromatic rings. The topological polar surface area (TPSA) is 95.1 Å². The van der Waals surface area contributed by atoms with E-state index in [9.17, 15) is 9.59 Å². The molecule has 0 heterocycles. The lowest BCUT2D eigenvalue weighted by molar-refractivity contribution is -0.116. The standard InChI is InChI=1S/C26H28N2O6/c1-31-21-12-10-17(14-24(21)34-4)11-13-25(29)27-19-15-23(33-3)20(16-22(19)32-2)28-26(30)18-8-6-5-7-9-18/h5-10,12,14-16H,11,13H2,1-4H3,(H,27,29)(H,28,30). The zero-order valence-corrected chi connectivity index (χ0v) is 19.6. The third-order valence-electron chi connectivity index (χ3n) is 5.17. The van der Waals surface area contributed by atoms with Crippen LogP contribution in [0.2, 0.25) is 0 Å². The fourth-order valence-corrected chi connectivity index (χ4v) is 3.38. The number of rotatable bonds is 10. The van der Waals surface area contributed by atoms with Crippen molar-refractivity contribution in [3.8, 4) is 23.0 Å². The van der Waals surface area contributed by atoms with Gasteiger partial charge in [-0.2, -0.15) is 0 Å². The Bertz CT molecular complexity index is 1150. The number of ether oxygens (including phenoxy) is 4. The van der Waals surface area contributed by atoms with Crippen LogP contribution in [0.5, 0.6) is 23.0 Å². The molecule has 8 heteroatoms. The molecule has 0 saturated heterocycles. The van der Waals surface area contributed by atoms with Gasteiger partial charge in [0.15, 0.2) is 11.5 Å². The van der Waals surface area contributed by atoms with Crippen LogP contribution >= 0.6 is 0 Å². The van der Waals surface area contributed by atoms with Gasteiger partial charge in [0.05, 0.1) is 39.8 Å². The van der Waals surface area contributed by atoms with Gasteiger partial charge in [0, 0.05) is 24.1 Å². The van der Waals surface area contributed by atoms with Crippen LogP contribution in [0, 0.1) is 0 Å². The molecule has 0 aliphatic carbocycles. The number of nitrogens with one attached hydrogen (secondary N) is 2. The number of hydrogen-bond donors (Lipinski definition) is 2. The fourth-order valence-electron chi connectivity index (χ4n) is 3.38. The molecule has 34 heavy (non-hydrogen) atoms. The van der Waals surface area contributed by atoms with Crippen LogP contribution in [-0.2, 0) is 11.2 Å². The molecule has 3 aromatic carbocycles. The molecule has 2 N–H and O–H groups in total. The molecule has 0 fully saturated rings. The van der Waals surface area contributed by atoms with E-state index in [2.05, 4.69) is 10.6 Å². The molecule has 0 unspecified atom stereocenters. The molecule has 0 bridgehead atoms. The van der Waals surface area contributed by atoms with Gasteiger partial charge in [-0.1, -0.05) is 24.3 Å². The van der Waals surface area contributed by atoms with E-state index in [0.29, 0.717) is 46.4 Å². The highest BCUT2D eigenvalue weighted by Gasteiger charge is 2.16. The molecule has 0 radical (unpaired) electrons. The van der Waals surface area contributed by atoms with Crippen molar-refractivity contribution < 1.29 is 28.5 Å². The largest absolute Gasteiger partial charge is 0.494 e. The van der Waals surface area contributed by atoms with E-state index in [1.807, 2.05) is 24.3 Å². The zero-order valence-electron chi connectivity index (χ0n) is 19.6. The minimum atomic E-state index is -0.285. The summed E-state index contributed by atoms with van der Waals surface area (Å²) in [5.74, 6) is 1.54. The molecule has 0 aromatic heterocycles. The Morgan fingerprint density at radius 2 is 1.26 bits per heavy atom. The third-order valence-corrected chi connectivity index (χ3v) is 5.17. The number of amides is 2. The Balaban J connectivity index is 1.71. The van der Waals surface area contributed by atoms with Gasteiger partial charge in [0.2, 0.25) is 5.91 Å². The first-order valence-corrected chi connectivity index (χ1v) is 10.6. The Kier molecular flexibility index (Phi) is 8.34. The van der Waals surface area contributed by atoms with Crippen LogP contribution < -0.4 is 29.6 Å². The van der Waals surface area contributed by atoms with Crippen molar-refractivity contribution in [2.24, 2.45) is 0 Å². The third kappa shape index (κ3) is 5.98. The van der Waals surface area contributed by atoms with Gasteiger partial charge in [0.1, 0.15) is 11.5 Å². The first kappa shape index (κ1) is 24.4. The molecule has 0 aliphatic rings. The average molecular weight is 465 g/mol. The lowest BCUT2D eigenvalue weighted by Crippen LogP contribution is -2.15. The molecular weight excluding hydrogens is 436 g/mol. The normalized spacial score (nSPS) is 10.2. The van der Waals surface area contributed by atoms with Gasteiger partial charge in [0.25, 0.3) is 5.91 Å². The summed E-state index contributed by atoms with van der Waals surface area (Å²) in [6.45, 7) is 0. The van der Waals surface area contributed by atoms with E-state index in [1.165, 1.54) is 14.2 Å². The molecule has 8 nitrogen and oxygen atoms in total. The quantitative estimate of drug-likeness (QED) is 0.457. The van der Waals surface area contributed by atoms with Gasteiger partial charge < -0.3 is 29.6 Å². The number of methoxy groups -OCH3 is 4. The Morgan fingerprint density at radius 1 is 0.676 bits per heavy atom. The molecule has 0 aliphatic heterocycles. The van der Waals surface area contributed by atoms with Crippen molar-refractivity contribution in [3.05, 3.63) is 71.8 Å². The van der Waals surface area contributed by atoms with E-state index in [1.54, 1.807) is 50.6 Å². The number of carbonyl (C=O) groups is 2. The predicted octanol–water partition coefficient (Wildman–Crippen LogP) is 4.54. The van der Waals surface area contributed by atoms with Crippen LogP contribution in [0.15, 0.2) is 60.7 Å². The zero-order chi connectivity index (χ0) is 24.5. The minimum absolute atomic E-state index is 0.198. The lowest BCUT2D eigenvalue weighted by Gasteiger charge is -2.16. The maximum atomic E-state index is 12.6. The summed E-state index contributed by atoms with van der Waals surface area (Å²) >= 11 is 0. The summed E-state index contributed by atoms with van der Waals surface area (Å²) in [5.41, 5.74) is 2.32. The highest BCUT2D eigenvalue weighted by atomic mass is 16.5. The summed E-state index contributed by atoms with van der Waals surface area (Å²) in [4.78, 5) is 25.2. The first-order chi connectivity index (χ1) is 16.5. The number of carbonyl (C=O) groups excluding carboxylic acids is 2. The highest BCUT2D eigenvalue weighted by Crippen LogP contribution is 2.37. The number of benzene rings is 3. The van der Waals surface area contributed by atoms with Crippen LogP contribution in [0.1, 0.15) is 22.3 Å². The van der Waals surface area contributed by atoms with Crippen molar-refractivity contribution in [3.63, 3.8) is 0 Å². The van der Waals surface area contributed by atoms with E-state index in [0.717, 1.165) is 5.56 Å². The van der Waals surface area contributed by atoms with Crippen molar-refractivity contribution in [1.29, 1.82) is 0 Å². The van der Waals surface area contributed by atoms with E-state index >= 15 is 0 Å². The number of anilines is 2. The molecular formula is C26H28N2O6. The van der Waals surface area contributed by atoms with Crippen molar-refractivity contribution >= 4 is 23.2 Å². The van der Waals surface area contributed by atoms with Gasteiger partial charge >= 0.3 is 0 Å². The summed E-state index contributed by atoms with van der Waals surface area (Å²) in [5, 5.41) is 5.68. The monoisotopic (exact) mass is 464 g/mol. The van der Waals surface area contributed by atoms with E-state index in [4.69, 9.17) is 18.9 Å². The minimum Gasteiger partial charge on any atom is -0.494 e. The fraction of sp³-hybridized carbons (Fsp3) is 0.231. The highest BCUT2D eigenvalue weighted by molar-refractivity contribution is 6.05. The summed E-state index contributed by atoms with van der Waals surface area (Å²) in [6.07, 6.45) is 0.754. The maximum Gasteiger partial charge on any atom is 0.255 e. The molecule has 0 spiro atoms. The van der Waals surface area contributed by atoms with Crippen LogP contribution in [0.25, 0.3) is 0 Å². The summed E-state index contributed by atoms with van der Waals surface area (Å²) < 4.78 is 21.4. The molecule has 3 rings (SSSR count). The van der Waals surface area contributed by atoms with Gasteiger partial charge in [-0.15, -0.1) is 0 Å². The second kappa shape index (κ2) is 11.6. The number of aryl methyl sites for hydroxylation is 1. The van der Waals surface area contributed by atoms with Gasteiger partial charge in [-0.3, -0.25) is 9.59 Å². The Labute approximate surface area is 198 Å². The summed E-state index contributed by atoms with van der Waals surface area (Å²) in [7, 11) is 6.12. The number of hydrogen-bond acceptors (Lipinski definition) is 6. The second-order valence-electron chi connectivity index (χ2n) is 7.31. The van der Waals surface area contributed by atoms with Crippen LogP contribution in [0.3, 0.4) is 0 Å². The van der Waals surface area contributed by atoms with E-state index in [-0.39, 0.29) is 18.2 Å². The molecule has 0 atom stereocenters.